The number of nitrogens with one attached hydrogen (secondary N) is 1. The van der Waals surface area contributed by atoms with Crippen molar-refractivity contribution in [3.05, 3.63) is 95.9 Å². The fourth-order valence-corrected chi connectivity index (χ4v) is 4.63. The molecule has 1 aliphatic rings. The first kappa shape index (κ1) is 18.0. The highest BCUT2D eigenvalue weighted by Crippen LogP contribution is 2.36. The molecular weight excluding hydrogens is 356 g/mol. The van der Waals surface area contributed by atoms with Gasteiger partial charge in [-0.2, -0.15) is 0 Å². The molecule has 29 heavy (non-hydrogen) atoms. The van der Waals surface area contributed by atoms with E-state index in [1.165, 1.54) is 33.4 Å². The number of nitrogens with zero attached hydrogens (tertiary/aromatic N) is 3. The minimum Gasteiger partial charge on any atom is -0.369 e. The number of anilines is 1. The first-order valence-electron chi connectivity index (χ1n) is 10.3. The number of aryl methyl sites for hydroxylation is 1. The number of rotatable bonds is 4. The summed E-state index contributed by atoms with van der Waals surface area (Å²) in [5.41, 5.74) is 6.39. The molecule has 4 aromatic rings. The Morgan fingerprint density at radius 1 is 0.862 bits per heavy atom. The molecular formula is C25H26N4. The van der Waals surface area contributed by atoms with E-state index in [-0.39, 0.29) is 6.04 Å². The van der Waals surface area contributed by atoms with Gasteiger partial charge in [-0.05, 0) is 36.8 Å². The van der Waals surface area contributed by atoms with E-state index in [2.05, 4.69) is 87.4 Å². The van der Waals surface area contributed by atoms with Gasteiger partial charge >= 0.3 is 0 Å². The number of benzene rings is 2. The molecule has 0 aliphatic carbocycles. The van der Waals surface area contributed by atoms with E-state index in [0.29, 0.717) is 0 Å². The largest absolute Gasteiger partial charge is 0.369 e. The second-order valence-electron chi connectivity index (χ2n) is 7.76. The molecule has 3 heterocycles. The quantitative estimate of drug-likeness (QED) is 0.551. The smallest absolute Gasteiger partial charge is 0.0642 e. The second-order valence-corrected chi connectivity index (χ2v) is 7.76. The third-order valence-electron chi connectivity index (χ3n) is 6.02. The molecule has 0 saturated carbocycles. The van der Waals surface area contributed by atoms with Crippen molar-refractivity contribution in [2.45, 2.75) is 13.0 Å². The van der Waals surface area contributed by atoms with Crippen molar-refractivity contribution in [2.75, 3.05) is 31.1 Å². The predicted molar refractivity (Wildman–Crippen MR) is 119 cm³/mol. The van der Waals surface area contributed by atoms with Crippen LogP contribution in [0.25, 0.3) is 10.9 Å². The maximum absolute atomic E-state index is 4.44. The average molecular weight is 383 g/mol. The molecule has 1 saturated heterocycles. The van der Waals surface area contributed by atoms with E-state index in [1.54, 1.807) is 0 Å². The van der Waals surface area contributed by atoms with Crippen LogP contribution in [0.3, 0.4) is 0 Å². The Morgan fingerprint density at radius 3 is 2.38 bits per heavy atom. The molecule has 5 rings (SSSR count). The third-order valence-corrected chi connectivity index (χ3v) is 6.02. The standard InChI is InChI=1S/C25H26N4/c1-19-24(22-11-5-6-12-23(22)27-19)25(20-8-7-13-26-18-20)29-16-14-28(15-17-29)21-9-3-2-4-10-21/h2-13,18,25,27H,14-17H2,1H3/t25-/m1/s1. The Balaban J connectivity index is 1.50. The normalized spacial score (nSPS) is 16.2. The molecule has 0 spiro atoms. The van der Waals surface area contributed by atoms with Crippen LogP contribution in [0.4, 0.5) is 5.69 Å². The molecule has 0 radical (unpaired) electrons. The molecule has 146 valence electrons. The fraction of sp³-hybridized carbons (Fsp3) is 0.240. The van der Waals surface area contributed by atoms with E-state index < -0.39 is 0 Å². The number of aromatic amines is 1. The van der Waals surface area contributed by atoms with E-state index in [4.69, 9.17) is 0 Å². The molecule has 4 heteroatoms. The zero-order valence-corrected chi connectivity index (χ0v) is 16.8. The Kier molecular flexibility index (Phi) is 4.78. The summed E-state index contributed by atoms with van der Waals surface area (Å²) in [5.74, 6) is 0. The molecule has 2 aromatic heterocycles. The Labute approximate surface area is 171 Å². The van der Waals surface area contributed by atoms with Crippen molar-refractivity contribution in [1.29, 1.82) is 0 Å². The molecule has 0 amide bonds. The molecule has 1 aliphatic heterocycles. The summed E-state index contributed by atoms with van der Waals surface area (Å²) in [5, 5.41) is 1.31. The molecule has 1 atom stereocenters. The van der Waals surface area contributed by atoms with Crippen LogP contribution < -0.4 is 4.90 Å². The highest BCUT2D eigenvalue weighted by molar-refractivity contribution is 5.85. The summed E-state index contributed by atoms with van der Waals surface area (Å²) in [7, 11) is 0. The lowest BCUT2D eigenvalue weighted by Crippen LogP contribution is -2.48. The van der Waals surface area contributed by atoms with Crippen LogP contribution in [0.15, 0.2) is 79.1 Å². The van der Waals surface area contributed by atoms with Gasteiger partial charge in [0.1, 0.15) is 0 Å². The van der Waals surface area contributed by atoms with Gasteiger partial charge < -0.3 is 9.88 Å². The Hall–Kier alpha value is -3.11. The Morgan fingerprint density at radius 2 is 1.62 bits per heavy atom. The van der Waals surface area contributed by atoms with Gasteiger partial charge in [-0.3, -0.25) is 9.88 Å². The lowest BCUT2D eigenvalue weighted by molar-refractivity contribution is 0.212. The number of H-pyrrole nitrogens is 1. The number of piperazine rings is 1. The van der Waals surface area contributed by atoms with Crippen LogP contribution in [-0.2, 0) is 0 Å². The minimum atomic E-state index is 0.206. The first-order chi connectivity index (χ1) is 14.3. The summed E-state index contributed by atoms with van der Waals surface area (Å²) < 4.78 is 0. The lowest BCUT2D eigenvalue weighted by Gasteiger charge is -2.40. The number of hydrogen-bond donors (Lipinski definition) is 1. The van der Waals surface area contributed by atoms with Crippen LogP contribution in [0, 0.1) is 6.92 Å². The summed E-state index contributed by atoms with van der Waals surface area (Å²) in [4.78, 5) is 13.1. The van der Waals surface area contributed by atoms with Crippen molar-refractivity contribution in [3.8, 4) is 0 Å². The second kappa shape index (κ2) is 7.72. The monoisotopic (exact) mass is 382 g/mol. The topological polar surface area (TPSA) is 35.2 Å². The van der Waals surface area contributed by atoms with Gasteiger partial charge in [-0.25, -0.2) is 0 Å². The summed E-state index contributed by atoms with van der Waals surface area (Å²) in [6.45, 7) is 6.30. The number of fused-ring (bicyclic) bond motifs is 1. The molecule has 4 nitrogen and oxygen atoms in total. The molecule has 1 fully saturated rings. The van der Waals surface area contributed by atoms with Gasteiger partial charge in [-0.1, -0.05) is 42.5 Å². The Bertz CT molecular complexity index is 1080. The van der Waals surface area contributed by atoms with Gasteiger partial charge in [-0.15, -0.1) is 0 Å². The highest BCUT2D eigenvalue weighted by Gasteiger charge is 2.29. The van der Waals surface area contributed by atoms with Crippen molar-refractivity contribution in [3.63, 3.8) is 0 Å². The molecule has 0 unspecified atom stereocenters. The summed E-state index contributed by atoms with van der Waals surface area (Å²) in [6, 6.07) is 23.8. The van der Waals surface area contributed by atoms with E-state index in [0.717, 1.165) is 26.2 Å². The molecule has 1 N–H and O–H groups in total. The van der Waals surface area contributed by atoms with E-state index in [1.807, 2.05) is 18.5 Å². The molecule has 2 aromatic carbocycles. The van der Waals surface area contributed by atoms with Gasteiger partial charge in [0, 0.05) is 66.4 Å². The number of aromatic nitrogens is 2. The number of pyridine rings is 1. The summed E-state index contributed by atoms with van der Waals surface area (Å²) in [6.07, 6.45) is 3.88. The van der Waals surface area contributed by atoms with Crippen molar-refractivity contribution in [1.82, 2.24) is 14.9 Å². The van der Waals surface area contributed by atoms with Crippen LogP contribution in [-0.4, -0.2) is 41.0 Å². The van der Waals surface area contributed by atoms with Crippen molar-refractivity contribution >= 4 is 16.6 Å². The van der Waals surface area contributed by atoms with Crippen LogP contribution in [0.2, 0.25) is 0 Å². The lowest BCUT2D eigenvalue weighted by atomic mass is 9.95. The SMILES string of the molecule is Cc1[nH]c2ccccc2c1[C@@H](c1cccnc1)N1CCN(c2ccccc2)CC1. The van der Waals surface area contributed by atoms with E-state index in [9.17, 15) is 0 Å². The zero-order chi connectivity index (χ0) is 19.6. The number of para-hydroxylation sites is 2. The van der Waals surface area contributed by atoms with Crippen LogP contribution in [0.1, 0.15) is 22.9 Å². The fourth-order valence-electron chi connectivity index (χ4n) is 4.63. The number of hydrogen-bond acceptors (Lipinski definition) is 3. The van der Waals surface area contributed by atoms with Crippen LogP contribution in [0.5, 0.6) is 0 Å². The van der Waals surface area contributed by atoms with E-state index >= 15 is 0 Å². The van der Waals surface area contributed by atoms with Crippen molar-refractivity contribution in [2.24, 2.45) is 0 Å². The average Bonchev–Trinajstić information content (AvgIpc) is 3.12. The first-order valence-corrected chi connectivity index (χ1v) is 10.3. The molecule has 0 bridgehead atoms. The van der Waals surface area contributed by atoms with Crippen molar-refractivity contribution < 1.29 is 0 Å². The van der Waals surface area contributed by atoms with Crippen LogP contribution >= 0.6 is 0 Å². The maximum Gasteiger partial charge on any atom is 0.0642 e. The van der Waals surface area contributed by atoms with Gasteiger partial charge in [0.2, 0.25) is 0 Å². The predicted octanol–water partition coefficient (Wildman–Crippen LogP) is 4.78. The van der Waals surface area contributed by atoms with Gasteiger partial charge in [0.15, 0.2) is 0 Å². The summed E-state index contributed by atoms with van der Waals surface area (Å²) >= 11 is 0. The maximum atomic E-state index is 4.44. The zero-order valence-electron chi connectivity index (χ0n) is 16.8. The highest BCUT2D eigenvalue weighted by atomic mass is 15.3. The van der Waals surface area contributed by atoms with Gasteiger partial charge in [0.05, 0.1) is 6.04 Å². The third kappa shape index (κ3) is 3.40. The minimum absolute atomic E-state index is 0.206. The van der Waals surface area contributed by atoms with Gasteiger partial charge in [0.25, 0.3) is 0 Å².